The summed E-state index contributed by atoms with van der Waals surface area (Å²) in [5.41, 5.74) is 2.83. The minimum Gasteiger partial charge on any atom is -0.497 e. The van der Waals surface area contributed by atoms with Gasteiger partial charge in [-0.15, -0.1) is 0 Å². The monoisotopic (exact) mass is 386 g/mol. The fourth-order valence-electron chi connectivity index (χ4n) is 4.34. The molecule has 0 aliphatic heterocycles. The highest BCUT2D eigenvalue weighted by Gasteiger charge is 2.26. The predicted octanol–water partition coefficient (Wildman–Crippen LogP) is 4.45. The van der Waals surface area contributed by atoms with Crippen LogP contribution in [0, 0.1) is 6.92 Å². The van der Waals surface area contributed by atoms with Crippen LogP contribution in [0.2, 0.25) is 0 Å². The summed E-state index contributed by atoms with van der Waals surface area (Å²) in [4.78, 5) is 23.6. The summed E-state index contributed by atoms with van der Waals surface area (Å²) in [6, 6.07) is 6.42. The van der Waals surface area contributed by atoms with Crippen molar-refractivity contribution in [3.05, 3.63) is 29.5 Å². The normalized spacial score (nSPS) is 14.5. The molecule has 0 radical (unpaired) electrons. The number of hydrogen-bond acceptors (Lipinski definition) is 3. The van der Waals surface area contributed by atoms with E-state index in [1.54, 1.807) is 7.11 Å². The van der Waals surface area contributed by atoms with Crippen LogP contribution in [-0.2, 0) is 4.79 Å². The number of aliphatic carboxylic acids is 1. The summed E-state index contributed by atoms with van der Waals surface area (Å²) in [6.07, 6.45) is 7.17. The first-order valence-corrected chi connectivity index (χ1v) is 10.2. The Hall–Kier alpha value is -2.50. The molecule has 0 saturated heterocycles. The number of carboxylic acid groups (broad SMARTS) is 1. The van der Waals surface area contributed by atoms with E-state index in [2.05, 4.69) is 16.0 Å². The number of amides is 1. The van der Waals surface area contributed by atoms with Crippen molar-refractivity contribution in [2.24, 2.45) is 0 Å². The molecule has 2 aromatic rings. The lowest BCUT2D eigenvalue weighted by Crippen LogP contribution is -2.25. The Morgan fingerprint density at radius 2 is 1.96 bits per heavy atom. The number of nitrogens with zero attached hydrogens (tertiary/aromatic N) is 1. The summed E-state index contributed by atoms with van der Waals surface area (Å²) in [5, 5.41) is 12.6. The van der Waals surface area contributed by atoms with Gasteiger partial charge in [0, 0.05) is 35.6 Å². The van der Waals surface area contributed by atoms with Gasteiger partial charge in [0.1, 0.15) is 5.75 Å². The minimum absolute atomic E-state index is 0.0641. The van der Waals surface area contributed by atoms with Gasteiger partial charge < -0.3 is 19.7 Å². The van der Waals surface area contributed by atoms with E-state index < -0.39 is 5.97 Å². The Balaban J connectivity index is 1.79. The molecule has 0 bridgehead atoms. The molecule has 6 heteroatoms. The molecule has 1 amide bonds. The highest BCUT2D eigenvalue weighted by atomic mass is 16.5. The van der Waals surface area contributed by atoms with Crippen LogP contribution in [0.15, 0.2) is 18.2 Å². The second kappa shape index (κ2) is 9.13. The third kappa shape index (κ3) is 4.32. The number of hydrogen-bond donors (Lipinski definition) is 2. The maximum atomic E-state index is 13.0. The van der Waals surface area contributed by atoms with Gasteiger partial charge in [-0.25, -0.2) is 0 Å². The van der Waals surface area contributed by atoms with E-state index in [-0.39, 0.29) is 12.3 Å². The molecule has 1 aliphatic carbocycles. The van der Waals surface area contributed by atoms with Gasteiger partial charge in [-0.1, -0.05) is 19.3 Å². The zero-order valence-electron chi connectivity index (χ0n) is 16.8. The third-order valence-electron chi connectivity index (χ3n) is 5.73. The Bertz CT molecular complexity index is 850. The number of carboxylic acids is 1. The molecule has 2 N–H and O–H groups in total. The second-order valence-electron chi connectivity index (χ2n) is 7.61. The number of fused-ring (bicyclic) bond motifs is 1. The van der Waals surface area contributed by atoms with Crippen LogP contribution in [0.25, 0.3) is 10.9 Å². The van der Waals surface area contributed by atoms with E-state index in [0.29, 0.717) is 19.0 Å². The number of rotatable bonds is 9. The molecule has 152 valence electrons. The van der Waals surface area contributed by atoms with Crippen LogP contribution >= 0.6 is 0 Å². The predicted molar refractivity (Wildman–Crippen MR) is 109 cm³/mol. The van der Waals surface area contributed by atoms with Gasteiger partial charge in [0.25, 0.3) is 5.91 Å². The number of aromatic nitrogens is 1. The summed E-state index contributed by atoms with van der Waals surface area (Å²) in [5.74, 6) is -0.0853. The standard InChI is InChI=1S/C22H30N2O4/c1-15-21(22(27)23-13-7-3-4-10-20(25)26)18-14-17(28-2)11-12-19(18)24(15)16-8-5-6-9-16/h11-12,14,16H,3-10,13H2,1-2H3,(H,23,27)(H,25,26). The first kappa shape index (κ1) is 20.2. The molecular weight excluding hydrogens is 356 g/mol. The zero-order chi connectivity index (χ0) is 20.1. The van der Waals surface area contributed by atoms with Crippen molar-refractivity contribution < 1.29 is 19.4 Å². The van der Waals surface area contributed by atoms with E-state index in [1.807, 2.05) is 19.1 Å². The molecule has 1 aromatic carbocycles. The van der Waals surface area contributed by atoms with Crippen molar-refractivity contribution >= 4 is 22.8 Å². The summed E-state index contributed by atoms with van der Waals surface area (Å²) in [7, 11) is 1.64. The maximum absolute atomic E-state index is 13.0. The Morgan fingerprint density at radius 3 is 2.64 bits per heavy atom. The molecule has 28 heavy (non-hydrogen) atoms. The number of nitrogens with one attached hydrogen (secondary N) is 1. The first-order chi connectivity index (χ1) is 13.5. The number of carbonyl (C=O) groups excluding carboxylic acids is 1. The van der Waals surface area contributed by atoms with Gasteiger partial charge >= 0.3 is 5.97 Å². The number of benzene rings is 1. The third-order valence-corrected chi connectivity index (χ3v) is 5.73. The topological polar surface area (TPSA) is 80.6 Å². The molecule has 1 aromatic heterocycles. The van der Waals surface area contributed by atoms with E-state index in [1.165, 1.54) is 12.8 Å². The fourth-order valence-corrected chi connectivity index (χ4v) is 4.34. The number of carbonyl (C=O) groups is 2. The van der Waals surface area contributed by atoms with E-state index in [9.17, 15) is 9.59 Å². The van der Waals surface area contributed by atoms with E-state index in [4.69, 9.17) is 9.84 Å². The van der Waals surface area contributed by atoms with Gasteiger partial charge in [-0.05, 0) is 50.8 Å². The second-order valence-corrected chi connectivity index (χ2v) is 7.61. The van der Waals surface area contributed by atoms with Gasteiger partial charge in [0.2, 0.25) is 0 Å². The molecule has 1 heterocycles. The highest BCUT2D eigenvalue weighted by molar-refractivity contribution is 6.08. The average Bonchev–Trinajstić information content (AvgIpc) is 3.28. The Labute approximate surface area is 165 Å². The van der Waals surface area contributed by atoms with Crippen molar-refractivity contribution in [3.8, 4) is 5.75 Å². The Morgan fingerprint density at radius 1 is 1.21 bits per heavy atom. The molecule has 3 rings (SSSR count). The Kier molecular flexibility index (Phi) is 6.60. The lowest BCUT2D eigenvalue weighted by atomic mass is 10.1. The lowest BCUT2D eigenvalue weighted by molar-refractivity contribution is -0.137. The number of methoxy groups -OCH3 is 1. The van der Waals surface area contributed by atoms with Crippen LogP contribution in [0.4, 0.5) is 0 Å². The minimum atomic E-state index is -0.770. The number of unbranched alkanes of at least 4 members (excludes halogenated alkanes) is 2. The van der Waals surface area contributed by atoms with Crippen LogP contribution < -0.4 is 10.1 Å². The van der Waals surface area contributed by atoms with Crippen LogP contribution in [0.5, 0.6) is 5.75 Å². The summed E-state index contributed by atoms with van der Waals surface area (Å²) >= 11 is 0. The van der Waals surface area contributed by atoms with Crippen molar-refractivity contribution in [2.45, 2.75) is 64.3 Å². The van der Waals surface area contributed by atoms with E-state index >= 15 is 0 Å². The molecule has 0 spiro atoms. The maximum Gasteiger partial charge on any atom is 0.303 e. The van der Waals surface area contributed by atoms with Gasteiger partial charge in [0.15, 0.2) is 0 Å². The van der Waals surface area contributed by atoms with Crippen LogP contribution in [0.3, 0.4) is 0 Å². The van der Waals surface area contributed by atoms with Gasteiger partial charge in [-0.2, -0.15) is 0 Å². The van der Waals surface area contributed by atoms with Crippen molar-refractivity contribution in [2.75, 3.05) is 13.7 Å². The molecule has 1 aliphatic rings. The highest BCUT2D eigenvalue weighted by Crippen LogP contribution is 2.38. The smallest absolute Gasteiger partial charge is 0.303 e. The van der Waals surface area contributed by atoms with Crippen molar-refractivity contribution in [1.82, 2.24) is 9.88 Å². The summed E-state index contributed by atoms with van der Waals surface area (Å²) in [6.45, 7) is 2.59. The molecule has 0 unspecified atom stereocenters. The van der Waals surface area contributed by atoms with Gasteiger partial charge in [0.05, 0.1) is 12.7 Å². The number of ether oxygens (including phenoxy) is 1. The molecule has 6 nitrogen and oxygen atoms in total. The zero-order valence-corrected chi connectivity index (χ0v) is 16.8. The van der Waals surface area contributed by atoms with Crippen molar-refractivity contribution in [1.29, 1.82) is 0 Å². The SMILES string of the molecule is COc1ccc2c(c1)c(C(=O)NCCCCCC(=O)O)c(C)n2C1CCCC1. The first-order valence-electron chi connectivity index (χ1n) is 10.2. The van der Waals surface area contributed by atoms with Crippen molar-refractivity contribution in [3.63, 3.8) is 0 Å². The molecule has 0 atom stereocenters. The van der Waals surface area contributed by atoms with E-state index in [0.717, 1.165) is 53.6 Å². The lowest BCUT2D eigenvalue weighted by Gasteiger charge is -2.16. The molecule has 1 fully saturated rings. The summed E-state index contributed by atoms with van der Waals surface area (Å²) < 4.78 is 7.72. The largest absolute Gasteiger partial charge is 0.497 e. The molecular formula is C22H30N2O4. The molecule has 1 saturated carbocycles. The average molecular weight is 386 g/mol. The van der Waals surface area contributed by atoms with Gasteiger partial charge in [-0.3, -0.25) is 9.59 Å². The fraction of sp³-hybridized carbons (Fsp3) is 0.545. The van der Waals surface area contributed by atoms with Crippen LogP contribution in [0.1, 0.15) is 73.5 Å². The quantitative estimate of drug-likeness (QED) is 0.624. The van der Waals surface area contributed by atoms with Crippen LogP contribution in [-0.4, -0.2) is 35.2 Å².